The second-order valence-electron chi connectivity index (χ2n) is 5.98. The Kier molecular flexibility index (Phi) is 6.89. The van der Waals surface area contributed by atoms with Crippen molar-refractivity contribution in [1.29, 1.82) is 0 Å². The number of β-amino-alcohol motifs (C(OH)–C–C–N with tert-alkyl or cyclic N) is 1. The lowest BCUT2D eigenvalue weighted by Gasteiger charge is -2.37. The van der Waals surface area contributed by atoms with E-state index in [-0.39, 0.29) is 24.5 Å². The normalized spacial score (nSPS) is 18.4. The number of aliphatic hydroxyl groups is 2. The summed E-state index contributed by atoms with van der Waals surface area (Å²) in [5.41, 5.74) is 0.315. The maximum atomic E-state index is 11.3. The monoisotopic (exact) mass is 339 g/mol. The zero-order valence-electron chi connectivity index (χ0n) is 13.5. The van der Waals surface area contributed by atoms with Gasteiger partial charge in [-0.15, -0.1) is 0 Å². The third-order valence-corrected chi connectivity index (χ3v) is 5.13. The van der Waals surface area contributed by atoms with Crippen molar-refractivity contribution in [1.82, 2.24) is 5.32 Å². The molecule has 5 nitrogen and oxygen atoms in total. The number of hydrogen-bond acceptors (Lipinski definition) is 6. The van der Waals surface area contributed by atoms with Gasteiger partial charge in [-0.05, 0) is 43.4 Å². The minimum absolute atomic E-state index is 0.0160. The SMILES string of the molecule is CC(=O)c1cccc(OCC(O)CNC2(CO)CCSCC2)c1. The highest BCUT2D eigenvalue weighted by molar-refractivity contribution is 7.99. The molecule has 0 spiro atoms. The average molecular weight is 339 g/mol. The van der Waals surface area contributed by atoms with Gasteiger partial charge in [0.1, 0.15) is 18.5 Å². The van der Waals surface area contributed by atoms with Crippen LogP contribution in [0.25, 0.3) is 0 Å². The van der Waals surface area contributed by atoms with Gasteiger partial charge in [-0.2, -0.15) is 11.8 Å². The summed E-state index contributed by atoms with van der Waals surface area (Å²) in [6.45, 7) is 2.11. The van der Waals surface area contributed by atoms with Crippen LogP contribution in [-0.4, -0.2) is 58.9 Å². The van der Waals surface area contributed by atoms with Gasteiger partial charge in [0.15, 0.2) is 5.78 Å². The van der Waals surface area contributed by atoms with E-state index in [0.717, 1.165) is 24.3 Å². The van der Waals surface area contributed by atoms with Crippen LogP contribution in [0.3, 0.4) is 0 Å². The molecule has 1 aromatic rings. The van der Waals surface area contributed by atoms with Crippen LogP contribution in [0.2, 0.25) is 0 Å². The lowest BCUT2D eigenvalue weighted by molar-refractivity contribution is 0.0811. The minimum atomic E-state index is -0.672. The quantitative estimate of drug-likeness (QED) is 0.623. The number of rotatable bonds is 8. The van der Waals surface area contributed by atoms with E-state index in [1.165, 1.54) is 6.92 Å². The first-order valence-corrected chi connectivity index (χ1v) is 9.06. The lowest BCUT2D eigenvalue weighted by Crippen LogP contribution is -2.53. The van der Waals surface area contributed by atoms with E-state index in [0.29, 0.717) is 17.9 Å². The maximum Gasteiger partial charge on any atom is 0.159 e. The van der Waals surface area contributed by atoms with Crippen LogP contribution in [-0.2, 0) is 0 Å². The van der Waals surface area contributed by atoms with Gasteiger partial charge < -0.3 is 20.3 Å². The Balaban J connectivity index is 1.79. The summed E-state index contributed by atoms with van der Waals surface area (Å²) in [4.78, 5) is 11.3. The number of hydrogen-bond donors (Lipinski definition) is 3. The third-order valence-electron chi connectivity index (χ3n) is 4.15. The van der Waals surface area contributed by atoms with Crippen molar-refractivity contribution >= 4 is 17.5 Å². The molecule has 1 aliphatic rings. The van der Waals surface area contributed by atoms with Gasteiger partial charge in [-0.25, -0.2) is 0 Å². The van der Waals surface area contributed by atoms with Crippen molar-refractivity contribution in [3.8, 4) is 5.75 Å². The number of benzene rings is 1. The van der Waals surface area contributed by atoms with Crippen LogP contribution in [0.15, 0.2) is 24.3 Å². The number of Topliss-reactive ketones (excluding diaryl/α,β-unsaturated/α-hetero) is 1. The topological polar surface area (TPSA) is 78.8 Å². The predicted molar refractivity (Wildman–Crippen MR) is 92.3 cm³/mol. The summed E-state index contributed by atoms with van der Waals surface area (Å²) in [7, 11) is 0. The molecule has 23 heavy (non-hydrogen) atoms. The predicted octanol–water partition coefficient (Wildman–Crippen LogP) is 1.48. The van der Waals surface area contributed by atoms with Gasteiger partial charge in [0.25, 0.3) is 0 Å². The van der Waals surface area contributed by atoms with Crippen LogP contribution in [0.1, 0.15) is 30.1 Å². The molecule has 1 heterocycles. The van der Waals surface area contributed by atoms with Crippen LogP contribution in [0, 0.1) is 0 Å². The van der Waals surface area contributed by atoms with E-state index in [4.69, 9.17) is 4.74 Å². The molecule has 1 aromatic carbocycles. The molecule has 1 fully saturated rings. The van der Waals surface area contributed by atoms with E-state index >= 15 is 0 Å². The molecule has 0 aromatic heterocycles. The second kappa shape index (κ2) is 8.68. The largest absolute Gasteiger partial charge is 0.491 e. The van der Waals surface area contributed by atoms with Gasteiger partial charge in [-0.1, -0.05) is 12.1 Å². The summed E-state index contributed by atoms with van der Waals surface area (Å²) in [5, 5.41) is 23.0. The summed E-state index contributed by atoms with van der Waals surface area (Å²) >= 11 is 1.89. The van der Waals surface area contributed by atoms with Crippen molar-refractivity contribution in [2.45, 2.75) is 31.4 Å². The van der Waals surface area contributed by atoms with E-state index in [9.17, 15) is 15.0 Å². The van der Waals surface area contributed by atoms with Gasteiger partial charge in [0.2, 0.25) is 0 Å². The fourth-order valence-corrected chi connectivity index (χ4v) is 3.82. The average Bonchev–Trinajstić information content (AvgIpc) is 2.59. The first kappa shape index (κ1) is 18.3. The van der Waals surface area contributed by atoms with E-state index in [1.807, 2.05) is 11.8 Å². The highest BCUT2D eigenvalue weighted by Gasteiger charge is 2.31. The van der Waals surface area contributed by atoms with E-state index < -0.39 is 6.10 Å². The summed E-state index contributed by atoms with van der Waals surface area (Å²) in [5.74, 6) is 2.61. The number of thioether (sulfide) groups is 1. The first-order valence-electron chi connectivity index (χ1n) is 7.90. The number of ketones is 1. The van der Waals surface area contributed by atoms with Gasteiger partial charge >= 0.3 is 0 Å². The highest BCUT2D eigenvalue weighted by Crippen LogP contribution is 2.26. The summed E-state index contributed by atoms with van der Waals surface area (Å²) < 4.78 is 5.56. The summed E-state index contributed by atoms with van der Waals surface area (Å²) in [6.07, 6.45) is 1.14. The Morgan fingerprint density at radius 2 is 2.17 bits per heavy atom. The number of aliphatic hydroxyl groups excluding tert-OH is 2. The lowest BCUT2D eigenvalue weighted by atomic mass is 9.93. The van der Waals surface area contributed by atoms with Crippen molar-refractivity contribution < 1.29 is 19.7 Å². The summed E-state index contributed by atoms with van der Waals surface area (Å²) in [6, 6.07) is 6.94. The Labute approximate surface area is 141 Å². The fraction of sp³-hybridized carbons (Fsp3) is 0.588. The van der Waals surface area contributed by atoms with Crippen LogP contribution in [0.5, 0.6) is 5.75 Å². The molecule has 0 amide bonds. The van der Waals surface area contributed by atoms with Crippen molar-refractivity contribution in [2.75, 3.05) is 31.3 Å². The molecule has 0 saturated carbocycles. The Bertz CT molecular complexity index is 517. The van der Waals surface area contributed by atoms with E-state index in [2.05, 4.69) is 5.32 Å². The number of nitrogens with one attached hydrogen (secondary N) is 1. The number of carbonyl (C=O) groups excluding carboxylic acids is 1. The molecule has 2 rings (SSSR count). The van der Waals surface area contributed by atoms with Crippen LogP contribution < -0.4 is 10.1 Å². The van der Waals surface area contributed by atoms with Gasteiger partial charge in [0, 0.05) is 17.6 Å². The molecule has 1 atom stereocenters. The molecule has 1 aliphatic heterocycles. The second-order valence-corrected chi connectivity index (χ2v) is 7.21. The zero-order chi connectivity index (χ0) is 16.7. The van der Waals surface area contributed by atoms with Crippen LogP contribution in [0.4, 0.5) is 0 Å². The Hall–Kier alpha value is -1.08. The Morgan fingerprint density at radius 1 is 1.43 bits per heavy atom. The fourth-order valence-electron chi connectivity index (χ4n) is 2.54. The Morgan fingerprint density at radius 3 is 2.83 bits per heavy atom. The molecule has 6 heteroatoms. The molecule has 0 bridgehead atoms. The van der Waals surface area contributed by atoms with Gasteiger partial charge in [0.05, 0.1) is 6.61 Å². The number of ether oxygens (including phenoxy) is 1. The molecular weight excluding hydrogens is 314 g/mol. The van der Waals surface area contributed by atoms with Crippen molar-refractivity contribution in [2.24, 2.45) is 0 Å². The third kappa shape index (κ3) is 5.49. The molecule has 0 radical (unpaired) electrons. The molecule has 128 valence electrons. The first-order chi connectivity index (χ1) is 11.0. The molecule has 1 unspecified atom stereocenters. The highest BCUT2D eigenvalue weighted by atomic mass is 32.2. The van der Waals surface area contributed by atoms with E-state index in [1.54, 1.807) is 24.3 Å². The smallest absolute Gasteiger partial charge is 0.159 e. The standard InChI is InChI=1S/C17H25NO4S/c1-13(20)14-3-2-4-16(9-14)22-11-15(21)10-18-17(12-19)5-7-23-8-6-17/h2-4,9,15,18-19,21H,5-8,10-12H2,1H3. The zero-order valence-corrected chi connectivity index (χ0v) is 14.3. The van der Waals surface area contributed by atoms with Gasteiger partial charge in [-0.3, -0.25) is 4.79 Å². The minimum Gasteiger partial charge on any atom is -0.491 e. The maximum absolute atomic E-state index is 11.3. The van der Waals surface area contributed by atoms with Crippen LogP contribution >= 0.6 is 11.8 Å². The molecule has 0 aliphatic carbocycles. The molecular formula is C17H25NO4S. The molecule has 1 saturated heterocycles. The van der Waals surface area contributed by atoms with Crippen molar-refractivity contribution in [3.05, 3.63) is 29.8 Å². The van der Waals surface area contributed by atoms with Crippen molar-refractivity contribution in [3.63, 3.8) is 0 Å². The number of carbonyl (C=O) groups is 1. The molecule has 3 N–H and O–H groups in total.